The fourth-order valence-electron chi connectivity index (χ4n) is 1.57. The zero-order valence-corrected chi connectivity index (χ0v) is 11.8. The van der Waals surface area contributed by atoms with E-state index in [0.717, 1.165) is 12.2 Å². The van der Waals surface area contributed by atoms with Gasteiger partial charge in [-0.1, -0.05) is 0 Å². The van der Waals surface area contributed by atoms with Gasteiger partial charge in [-0.2, -0.15) is 11.8 Å². The predicted octanol–water partition coefficient (Wildman–Crippen LogP) is 1.58. The first kappa shape index (κ1) is 14.8. The lowest BCUT2D eigenvalue weighted by atomic mass is 10.1. The summed E-state index contributed by atoms with van der Waals surface area (Å²) in [4.78, 5) is 18.0. The highest BCUT2D eigenvalue weighted by Crippen LogP contribution is 2.16. The smallest absolute Gasteiger partial charge is 0.256 e. The van der Waals surface area contributed by atoms with Crippen LogP contribution in [0.15, 0.2) is 18.5 Å². The molecule has 0 saturated carbocycles. The Balaban J connectivity index is 2.79. The van der Waals surface area contributed by atoms with Gasteiger partial charge < -0.3 is 10.3 Å². The Morgan fingerprint density at radius 1 is 1.67 bits per heavy atom. The maximum Gasteiger partial charge on any atom is 0.256 e. The van der Waals surface area contributed by atoms with E-state index < -0.39 is 0 Å². The van der Waals surface area contributed by atoms with Gasteiger partial charge in [-0.25, -0.2) is 0 Å². The van der Waals surface area contributed by atoms with Gasteiger partial charge in [0.05, 0.1) is 17.4 Å². The molecule has 18 heavy (non-hydrogen) atoms. The summed E-state index contributed by atoms with van der Waals surface area (Å²) in [7, 11) is 1.81. The molecule has 0 radical (unpaired) electrons. The van der Waals surface area contributed by atoms with Gasteiger partial charge in [0.25, 0.3) is 5.91 Å². The topological polar surface area (TPSA) is 71.2 Å². The fourth-order valence-corrected chi connectivity index (χ4v) is 2.15. The van der Waals surface area contributed by atoms with Crippen LogP contribution < -0.4 is 11.3 Å². The van der Waals surface area contributed by atoms with Crippen molar-refractivity contribution in [1.82, 2.24) is 9.88 Å². The Labute approximate surface area is 112 Å². The van der Waals surface area contributed by atoms with Crippen LogP contribution >= 0.6 is 11.8 Å². The molecule has 1 atom stereocenters. The number of nitrogens with one attached hydrogen (secondary N) is 1. The number of amides is 1. The molecule has 1 aromatic heterocycles. The van der Waals surface area contributed by atoms with Crippen LogP contribution in [0.5, 0.6) is 0 Å². The van der Waals surface area contributed by atoms with Crippen LogP contribution in [0.2, 0.25) is 0 Å². The van der Waals surface area contributed by atoms with E-state index >= 15 is 0 Å². The van der Waals surface area contributed by atoms with E-state index in [4.69, 9.17) is 5.84 Å². The second-order valence-electron chi connectivity index (χ2n) is 4.11. The Morgan fingerprint density at radius 3 is 3.00 bits per heavy atom. The molecule has 1 aromatic rings. The first-order chi connectivity index (χ1) is 8.61. The summed E-state index contributed by atoms with van der Waals surface area (Å²) in [5.41, 5.74) is 3.59. The number of rotatable bonds is 6. The van der Waals surface area contributed by atoms with Gasteiger partial charge in [0.2, 0.25) is 0 Å². The number of pyridine rings is 1. The van der Waals surface area contributed by atoms with Gasteiger partial charge in [0.15, 0.2) is 0 Å². The lowest BCUT2D eigenvalue weighted by Crippen LogP contribution is -2.36. The van der Waals surface area contributed by atoms with Crippen LogP contribution in [0.3, 0.4) is 0 Å². The highest BCUT2D eigenvalue weighted by molar-refractivity contribution is 7.98. The Kier molecular flexibility index (Phi) is 5.94. The molecule has 5 nitrogen and oxygen atoms in total. The number of hydrazine groups is 1. The molecular formula is C12H20N4OS. The van der Waals surface area contributed by atoms with Crippen LogP contribution in [0.1, 0.15) is 23.7 Å². The van der Waals surface area contributed by atoms with Crippen LogP contribution in [0, 0.1) is 0 Å². The van der Waals surface area contributed by atoms with E-state index in [1.807, 2.05) is 14.0 Å². The van der Waals surface area contributed by atoms with Gasteiger partial charge in [-0.05, 0) is 31.4 Å². The zero-order valence-electron chi connectivity index (χ0n) is 11.0. The van der Waals surface area contributed by atoms with E-state index in [-0.39, 0.29) is 11.9 Å². The maximum absolute atomic E-state index is 12.3. The minimum Gasteiger partial charge on any atom is -0.339 e. The maximum atomic E-state index is 12.3. The van der Waals surface area contributed by atoms with E-state index in [2.05, 4.69) is 16.7 Å². The minimum atomic E-state index is -0.0426. The average Bonchev–Trinajstić information content (AvgIpc) is 2.42. The number of carbonyl (C=O) groups is 1. The van der Waals surface area contributed by atoms with Gasteiger partial charge in [-0.15, -0.1) is 0 Å². The van der Waals surface area contributed by atoms with Crippen molar-refractivity contribution in [2.45, 2.75) is 19.4 Å². The standard InChI is InChI=1S/C12H20N4OS/c1-9(5-7-18-3)16(2)12(17)10-4-6-14-8-11(10)15-13/h4,6,8-9,15H,5,7,13H2,1-3H3. The molecule has 0 aromatic carbocycles. The molecule has 0 bridgehead atoms. The lowest BCUT2D eigenvalue weighted by molar-refractivity contribution is 0.0742. The number of hydrogen-bond donors (Lipinski definition) is 2. The molecule has 0 aliphatic heterocycles. The van der Waals surface area contributed by atoms with Crippen LogP contribution in [0.4, 0.5) is 5.69 Å². The number of hydrogen-bond acceptors (Lipinski definition) is 5. The molecule has 1 unspecified atom stereocenters. The number of nitrogen functional groups attached to an aromatic ring is 1. The summed E-state index contributed by atoms with van der Waals surface area (Å²) >= 11 is 1.78. The number of aromatic nitrogens is 1. The van der Waals surface area contributed by atoms with Crippen molar-refractivity contribution < 1.29 is 4.79 Å². The number of carbonyl (C=O) groups excluding carboxylic acids is 1. The van der Waals surface area contributed by atoms with E-state index in [1.165, 1.54) is 0 Å². The molecule has 0 spiro atoms. The summed E-state index contributed by atoms with van der Waals surface area (Å²) in [6.07, 6.45) is 6.18. The van der Waals surface area contributed by atoms with E-state index in [0.29, 0.717) is 11.3 Å². The first-order valence-electron chi connectivity index (χ1n) is 5.78. The second kappa shape index (κ2) is 7.23. The van der Waals surface area contributed by atoms with Crippen molar-refractivity contribution in [3.63, 3.8) is 0 Å². The third-order valence-electron chi connectivity index (χ3n) is 2.93. The molecule has 0 fully saturated rings. The normalized spacial score (nSPS) is 12.0. The van der Waals surface area contributed by atoms with Crippen LogP contribution in [-0.2, 0) is 0 Å². The van der Waals surface area contributed by atoms with Crippen molar-refractivity contribution >= 4 is 23.4 Å². The third-order valence-corrected chi connectivity index (χ3v) is 3.57. The molecule has 6 heteroatoms. The number of nitrogens with zero attached hydrogens (tertiary/aromatic N) is 2. The Morgan fingerprint density at radius 2 is 2.39 bits per heavy atom. The van der Waals surface area contributed by atoms with Crippen molar-refractivity contribution in [2.24, 2.45) is 5.84 Å². The second-order valence-corrected chi connectivity index (χ2v) is 5.10. The molecule has 1 heterocycles. The van der Waals surface area contributed by atoms with Crippen LogP contribution in [0.25, 0.3) is 0 Å². The Hall–Kier alpha value is -1.27. The Bertz CT molecular complexity index is 399. The molecule has 0 aliphatic rings. The highest BCUT2D eigenvalue weighted by Gasteiger charge is 2.19. The summed E-state index contributed by atoms with van der Waals surface area (Å²) in [6, 6.07) is 1.87. The molecule has 0 aliphatic carbocycles. The SMILES string of the molecule is CSCCC(C)N(C)C(=O)c1ccncc1NN. The molecule has 0 saturated heterocycles. The number of thioether (sulfide) groups is 1. The molecule has 100 valence electrons. The monoisotopic (exact) mass is 268 g/mol. The molecule has 1 amide bonds. The lowest BCUT2D eigenvalue weighted by Gasteiger charge is -2.25. The summed E-state index contributed by atoms with van der Waals surface area (Å²) < 4.78 is 0. The van der Waals surface area contributed by atoms with Gasteiger partial charge in [-0.3, -0.25) is 15.6 Å². The first-order valence-corrected chi connectivity index (χ1v) is 7.18. The van der Waals surface area contributed by atoms with Gasteiger partial charge >= 0.3 is 0 Å². The van der Waals surface area contributed by atoms with E-state index in [1.54, 1.807) is 35.1 Å². The van der Waals surface area contributed by atoms with Gasteiger partial charge in [0.1, 0.15) is 0 Å². The van der Waals surface area contributed by atoms with Gasteiger partial charge in [0, 0.05) is 19.3 Å². The average molecular weight is 268 g/mol. The van der Waals surface area contributed by atoms with Crippen molar-refractivity contribution in [3.05, 3.63) is 24.0 Å². The molecule has 3 N–H and O–H groups in total. The largest absolute Gasteiger partial charge is 0.339 e. The number of anilines is 1. The highest BCUT2D eigenvalue weighted by atomic mass is 32.2. The van der Waals surface area contributed by atoms with Crippen molar-refractivity contribution in [1.29, 1.82) is 0 Å². The summed E-state index contributed by atoms with van der Waals surface area (Å²) in [5, 5.41) is 0. The van der Waals surface area contributed by atoms with Crippen molar-refractivity contribution in [3.8, 4) is 0 Å². The minimum absolute atomic E-state index is 0.0426. The number of nitrogens with two attached hydrogens (primary N) is 1. The molecular weight excluding hydrogens is 248 g/mol. The summed E-state index contributed by atoms with van der Waals surface area (Å²) in [6.45, 7) is 2.05. The predicted molar refractivity (Wildman–Crippen MR) is 76.6 cm³/mol. The quantitative estimate of drug-likeness (QED) is 0.605. The molecule has 1 rings (SSSR count). The zero-order chi connectivity index (χ0) is 13.5. The summed E-state index contributed by atoms with van der Waals surface area (Å²) in [5.74, 6) is 6.38. The fraction of sp³-hybridized carbons (Fsp3) is 0.500. The van der Waals surface area contributed by atoms with Crippen molar-refractivity contribution in [2.75, 3.05) is 24.5 Å². The third kappa shape index (κ3) is 3.61. The van der Waals surface area contributed by atoms with E-state index in [9.17, 15) is 4.79 Å². The van der Waals surface area contributed by atoms with Crippen LogP contribution in [-0.4, -0.2) is 40.9 Å².